The molecule has 0 amide bonds. The lowest BCUT2D eigenvalue weighted by Gasteiger charge is -2.31. The summed E-state index contributed by atoms with van der Waals surface area (Å²) >= 11 is 1.73. The maximum absolute atomic E-state index is 12.5. The van der Waals surface area contributed by atoms with E-state index in [1.807, 2.05) is 17.8 Å². The molecule has 0 aromatic carbocycles. The molecule has 4 nitrogen and oxygen atoms in total. The van der Waals surface area contributed by atoms with Crippen LogP contribution in [0.4, 0.5) is 0 Å². The number of piperidine rings is 1. The second-order valence-corrected chi connectivity index (χ2v) is 6.21. The standard InChI is InChI=1S/C15H19N3OS/c1-17-7-5-16-15(17)14(19)13-3-2-6-18(10-13)9-12-4-8-20-11-12/h4-5,7-8,11,13H,2-3,6,9-10H2,1H3/t13-/m1/s1. The van der Waals surface area contributed by atoms with Gasteiger partial charge in [-0.2, -0.15) is 11.3 Å². The second-order valence-electron chi connectivity index (χ2n) is 5.43. The summed E-state index contributed by atoms with van der Waals surface area (Å²) in [7, 11) is 1.88. The van der Waals surface area contributed by atoms with E-state index in [4.69, 9.17) is 0 Å². The van der Waals surface area contributed by atoms with Crippen molar-refractivity contribution in [3.63, 3.8) is 0 Å². The van der Waals surface area contributed by atoms with E-state index in [9.17, 15) is 4.79 Å². The third-order valence-corrected chi connectivity index (χ3v) is 4.64. The molecule has 1 saturated heterocycles. The van der Waals surface area contributed by atoms with Gasteiger partial charge in [0.15, 0.2) is 5.82 Å². The number of hydrogen-bond donors (Lipinski definition) is 0. The highest BCUT2D eigenvalue weighted by Gasteiger charge is 2.28. The molecule has 3 heterocycles. The normalized spacial score (nSPS) is 20.1. The van der Waals surface area contributed by atoms with E-state index in [0.29, 0.717) is 5.82 Å². The van der Waals surface area contributed by atoms with Gasteiger partial charge in [0.1, 0.15) is 0 Å². The average molecular weight is 289 g/mol. The second kappa shape index (κ2) is 5.89. The minimum Gasteiger partial charge on any atom is -0.332 e. The first kappa shape index (κ1) is 13.5. The van der Waals surface area contributed by atoms with Crippen molar-refractivity contribution in [1.82, 2.24) is 14.5 Å². The van der Waals surface area contributed by atoms with Crippen LogP contribution in [-0.4, -0.2) is 33.3 Å². The molecule has 0 bridgehead atoms. The Balaban J connectivity index is 1.66. The zero-order chi connectivity index (χ0) is 13.9. The molecule has 0 radical (unpaired) electrons. The minimum atomic E-state index is 0.0866. The first-order chi connectivity index (χ1) is 9.74. The van der Waals surface area contributed by atoms with Crippen molar-refractivity contribution < 1.29 is 4.79 Å². The molecular weight excluding hydrogens is 270 g/mol. The first-order valence-electron chi connectivity index (χ1n) is 6.99. The Morgan fingerprint density at radius 2 is 2.45 bits per heavy atom. The van der Waals surface area contributed by atoms with Crippen molar-refractivity contribution in [3.05, 3.63) is 40.6 Å². The van der Waals surface area contributed by atoms with Crippen LogP contribution in [0.5, 0.6) is 0 Å². The van der Waals surface area contributed by atoms with E-state index in [0.717, 1.165) is 32.5 Å². The van der Waals surface area contributed by atoms with Crippen molar-refractivity contribution in [2.75, 3.05) is 13.1 Å². The molecule has 0 saturated carbocycles. The van der Waals surface area contributed by atoms with Crippen molar-refractivity contribution in [2.24, 2.45) is 13.0 Å². The molecular formula is C15H19N3OS. The maximum atomic E-state index is 12.5. The summed E-state index contributed by atoms with van der Waals surface area (Å²) in [5, 5.41) is 4.29. The lowest BCUT2D eigenvalue weighted by atomic mass is 9.93. The third kappa shape index (κ3) is 2.83. The fourth-order valence-electron chi connectivity index (χ4n) is 2.84. The van der Waals surface area contributed by atoms with Crippen LogP contribution in [0.2, 0.25) is 0 Å². The van der Waals surface area contributed by atoms with Crippen molar-refractivity contribution in [1.29, 1.82) is 0 Å². The monoisotopic (exact) mass is 289 g/mol. The van der Waals surface area contributed by atoms with Gasteiger partial charge < -0.3 is 4.57 Å². The fourth-order valence-corrected chi connectivity index (χ4v) is 3.50. The molecule has 20 heavy (non-hydrogen) atoms. The van der Waals surface area contributed by atoms with Gasteiger partial charge in [-0.15, -0.1) is 0 Å². The molecule has 3 rings (SSSR count). The predicted molar refractivity (Wildman–Crippen MR) is 79.9 cm³/mol. The summed E-state index contributed by atoms with van der Waals surface area (Å²) in [4.78, 5) is 19.1. The Morgan fingerprint density at radius 3 is 3.15 bits per heavy atom. The Kier molecular flexibility index (Phi) is 3.98. The number of likely N-dealkylation sites (tertiary alicyclic amines) is 1. The molecule has 0 aliphatic carbocycles. The topological polar surface area (TPSA) is 38.1 Å². The first-order valence-corrected chi connectivity index (χ1v) is 7.93. The Hall–Kier alpha value is -1.46. The van der Waals surface area contributed by atoms with E-state index in [1.54, 1.807) is 17.5 Å². The van der Waals surface area contributed by atoms with Crippen LogP contribution in [0.25, 0.3) is 0 Å². The smallest absolute Gasteiger partial charge is 0.202 e. The van der Waals surface area contributed by atoms with Gasteiger partial charge in [0.2, 0.25) is 5.78 Å². The molecule has 0 unspecified atom stereocenters. The molecule has 1 atom stereocenters. The molecule has 0 spiro atoms. The van der Waals surface area contributed by atoms with Crippen LogP contribution in [-0.2, 0) is 13.6 Å². The SMILES string of the molecule is Cn1ccnc1C(=O)[C@@H]1CCCN(Cc2ccsc2)C1. The number of ketones is 1. The summed E-state index contributed by atoms with van der Waals surface area (Å²) in [5.41, 5.74) is 1.35. The lowest BCUT2D eigenvalue weighted by molar-refractivity contribution is 0.0798. The van der Waals surface area contributed by atoms with Gasteiger partial charge in [0.25, 0.3) is 0 Å². The van der Waals surface area contributed by atoms with Crippen LogP contribution < -0.4 is 0 Å². The Labute approximate surface area is 123 Å². The zero-order valence-corrected chi connectivity index (χ0v) is 12.5. The highest BCUT2D eigenvalue weighted by atomic mass is 32.1. The van der Waals surface area contributed by atoms with Gasteiger partial charge >= 0.3 is 0 Å². The molecule has 1 aliphatic rings. The summed E-state index contributed by atoms with van der Waals surface area (Å²) in [5.74, 6) is 0.864. The highest BCUT2D eigenvalue weighted by molar-refractivity contribution is 7.07. The van der Waals surface area contributed by atoms with Gasteiger partial charge in [-0.3, -0.25) is 9.69 Å². The summed E-state index contributed by atoms with van der Waals surface area (Å²) in [6.45, 7) is 2.88. The van der Waals surface area contributed by atoms with Gasteiger partial charge in [0, 0.05) is 38.4 Å². The molecule has 2 aromatic rings. The Morgan fingerprint density at radius 1 is 1.55 bits per heavy atom. The fraction of sp³-hybridized carbons (Fsp3) is 0.467. The molecule has 106 valence electrons. The van der Waals surface area contributed by atoms with Crippen LogP contribution in [0.1, 0.15) is 29.0 Å². The van der Waals surface area contributed by atoms with Gasteiger partial charge in [0.05, 0.1) is 0 Å². The van der Waals surface area contributed by atoms with Crippen molar-refractivity contribution in [2.45, 2.75) is 19.4 Å². The van der Waals surface area contributed by atoms with Gasteiger partial charge in [-0.1, -0.05) is 0 Å². The van der Waals surface area contributed by atoms with Crippen molar-refractivity contribution in [3.8, 4) is 0 Å². The molecule has 1 aliphatic heterocycles. The minimum absolute atomic E-state index is 0.0866. The number of nitrogens with zero attached hydrogens (tertiary/aromatic N) is 3. The van der Waals surface area contributed by atoms with Crippen LogP contribution in [0.15, 0.2) is 29.2 Å². The average Bonchev–Trinajstić information content (AvgIpc) is 3.10. The largest absolute Gasteiger partial charge is 0.332 e. The number of hydrogen-bond acceptors (Lipinski definition) is 4. The summed E-state index contributed by atoms with van der Waals surface area (Å²) in [6, 6.07) is 2.16. The van der Waals surface area contributed by atoms with Crippen LogP contribution in [0.3, 0.4) is 0 Å². The van der Waals surface area contributed by atoms with Gasteiger partial charge in [-0.25, -0.2) is 4.98 Å². The van der Waals surface area contributed by atoms with E-state index < -0.39 is 0 Å². The third-order valence-electron chi connectivity index (χ3n) is 3.90. The van der Waals surface area contributed by atoms with Crippen LogP contribution in [0, 0.1) is 5.92 Å². The zero-order valence-electron chi connectivity index (χ0n) is 11.7. The van der Waals surface area contributed by atoms with E-state index in [1.165, 1.54) is 5.56 Å². The number of aromatic nitrogens is 2. The van der Waals surface area contributed by atoms with Gasteiger partial charge in [-0.05, 0) is 41.8 Å². The number of thiophene rings is 1. The van der Waals surface area contributed by atoms with E-state index in [-0.39, 0.29) is 11.7 Å². The number of carbonyl (C=O) groups is 1. The van der Waals surface area contributed by atoms with Crippen LogP contribution >= 0.6 is 11.3 Å². The predicted octanol–water partition coefficient (Wildman–Crippen LogP) is 2.58. The maximum Gasteiger partial charge on any atom is 0.202 e. The number of Topliss-reactive ketones (excluding diaryl/α,β-unsaturated/α-hetero) is 1. The molecule has 0 N–H and O–H groups in total. The summed E-state index contributed by atoms with van der Waals surface area (Å²) in [6.07, 6.45) is 5.59. The number of imidazole rings is 1. The lowest BCUT2D eigenvalue weighted by Crippen LogP contribution is -2.38. The summed E-state index contributed by atoms with van der Waals surface area (Å²) < 4.78 is 1.82. The molecule has 1 fully saturated rings. The van der Waals surface area contributed by atoms with Crippen molar-refractivity contribution >= 4 is 17.1 Å². The Bertz CT molecular complexity index is 576. The molecule has 2 aromatic heterocycles. The number of aryl methyl sites for hydroxylation is 1. The van der Waals surface area contributed by atoms with E-state index in [2.05, 4.69) is 26.7 Å². The van der Waals surface area contributed by atoms with E-state index >= 15 is 0 Å². The number of rotatable bonds is 4. The highest BCUT2D eigenvalue weighted by Crippen LogP contribution is 2.22. The number of carbonyl (C=O) groups excluding carboxylic acids is 1. The molecule has 5 heteroatoms. The quantitative estimate of drug-likeness (QED) is 0.812.